The highest BCUT2D eigenvalue weighted by atomic mass is 16.5. The number of carbonyl (C=O) groups excluding carboxylic acids is 1. The van der Waals surface area contributed by atoms with Crippen molar-refractivity contribution in [1.29, 1.82) is 0 Å². The molecule has 2 rings (SSSR count). The quantitative estimate of drug-likeness (QED) is 0.886. The van der Waals surface area contributed by atoms with Crippen LogP contribution in [0.4, 0.5) is 0 Å². The number of rotatable bonds is 6. The van der Waals surface area contributed by atoms with E-state index in [2.05, 4.69) is 18.8 Å². The Bertz CT molecular complexity index is 651. The topological polar surface area (TPSA) is 65.2 Å². The molecule has 4 nitrogen and oxygen atoms in total. The van der Waals surface area contributed by atoms with Crippen LogP contribution in [-0.4, -0.2) is 18.0 Å². The molecule has 0 bridgehead atoms. The van der Waals surface area contributed by atoms with Crippen molar-refractivity contribution in [1.82, 2.24) is 4.98 Å². The molecule has 1 amide bonds. The Balaban J connectivity index is 2.42. The molecule has 112 valence electrons. The van der Waals surface area contributed by atoms with Crippen LogP contribution in [0.15, 0.2) is 24.4 Å². The molecule has 2 N–H and O–H groups in total. The van der Waals surface area contributed by atoms with Gasteiger partial charge in [-0.2, -0.15) is 0 Å². The number of carbonyl (C=O) groups is 1. The van der Waals surface area contributed by atoms with E-state index in [1.807, 2.05) is 6.07 Å². The summed E-state index contributed by atoms with van der Waals surface area (Å²) in [7, 11) is 1.53. The van der Waals surface area contributed by atoms with Crippen molar-refractivity contribution >= 4 is 16.8 Å². The van der Waals surface area contributed by atoms with E-state index < -0.39 is 5.91 Å². The lowest BCUT2D eigenvalue weighted by Gasteiger charge is -2.11. The number of aryl methyl sites for hydroxylation is 1. The predicted molar refractivity (Wildman–Crippen MR) is 84.6 cm³/mol. The molecule has 0 atom stereocenters. The minimum Gasteiger partial charge on any atom is -0.496 e. The number of aromatic nitrogens is 1. The summed E-state index contributed by atoms with van der Waals surface area (Å²) in [5, 5.41) is 0.982. The molecule has 0 radical (unpaired) electrons. The molecule has 4 heteroatoms. The first kappa shape index (κ1) is 15.3. The first-order chi connectivity index (χ1) is 10.0. The number of ether oxygens (including phenoxy) is 1. The van der Waals surface area contributed by atoms with Gasteiger partial charge in [0.15, 0.2) is 0 Å². The second kappa shape index (κ2) is 6.57. The number of hydrogen-bond donors (Lipinski definition) is 1. The van der Waals surface area contributed by atoms with Crippen molar-refractivity contribution in [3.63, 3.8) is 0 Å². The maximum absolute atomic E-state index is 11.6. The molecule has 0 aliphatic rings. The molecule has 0 aliphatic heterocycles. The normalized spacial score (nSPS) is 11.0. The van der Waals surface area contributed by atoms with Crippen molar-refractivity contribution in [2.24, 2.45) is 11.7 Å². The van der Waals surface area contributed by atoms with Gasteiger partial charge in [-0.1, -0.05) is 20.3 Å². The predicted octanol–water partition coefficient (Wildman–Crippen LogP) is 3.32. The van der Waals surface area contributed by atoms with Crippen molar-refractivity contribution in [3.05, 3.63) is 35.5 Å². The van der Waals surface area contributed by atoms with E-state index in [1.54, 1.807) is 18.3 Å². The SMILES string of the molecule is COc1cc2nccc(CCCC(C)C)c2cc1C(N)=O. The third kappa shape index (κ3) is 3.51. The summed E-state index contributed by atoms with van der Waals surface area (Å²) in [6.45, 7) is 4.45. The molecule has 21 heavy (non-hydrogen) atoms. The number of pyridine rings is 1. The van der Waals surface area contributed by atoms with Crippen LogP contribution in [0.3, 0.4) is 0 Å². The summed E-state index contributed by atoms with van der Waals surface area (Å²) in [5.74, 6) is 0.687. The Morgan fingerprint density at radius 2 is 2.14 bits per heavy atom. The van der Waals surface area contributed by atoms with E-state index in [4.69, 9.17) is 10.5 Å². The van der Waals surface area contributed by atoms with Gasteiger partial charge in [0.05, 0.1) is 18.2 Å². The van der Waals surface area contributed by atoms with E-state index in [0.717, 1.165) is 23.7 Å². The van der Waals surface area contributed by atoms with Crippen LogP contribution in [0, 0.1) is 5.92 Å². The molecular formula is C17H22N2O2. The van der Waals surface area contributed by atoms with Gasteiger partial charge >= 0.3 is 0 Å². The Labute approximate surface area is 125 Å². The maximum Gasteiger partial charge on any atom is 0.252 e. The molecular weight excluding hydrogens is 264 g/mol. The van der Waals surface area contributed by atoms with Gasteiger partial charge in [0.2, 0.25) is 0 Å². The molecule has 0 saturated heterocycles. The molecule has 0 unspecified atom stereocenters. The molecule has 0 fully saturated rings. The third-order valence-corrected chi connectivity index (χ3v) is 3.65. The zero-order valence-corrected chi connectivity index (χ0v) is 12.8. The van der Waals surface area contributed by atoms with E-state index in [0.29, 0.717) is 17.2 Å². The van der Waals surface area contributed by atoms with Gasteiger partial charge in [-0.05, 0) is 36.5 Å². The highest BCUT2D eigenvalue weighted by Gasteiger charge is 2.13. The summed E-state index contributed by atoms with van der Waals surface area (Å²) in [4.78, 5) is 15.9. The Kier molecular flexibility index (Phi) is 4.78. The van der Waals surface area contributed by atoms with Gasteiger partial charge in [-0.25, -0.2) is 0 Å². The van der Waals surface area contributed by atoms with Crippen LogP contribution >= 0.6 is 0 Å². The average molecular weight is 286 g/mol. The Morgan fingerprint density at radius 3 is 2.76 bits per heavy atom. The summed E-state index contributed by atoms with van der Waals surface area (Å²) < 4.78 is 5.23. The van der Waals surface area contributed by atoms with Crippen molar-refractivity contribution in [3.8, 4) is 5.75 Å². The van der Waals surface area contributed by atoms with Crippen LogP contribution in [0.5, 0.6) is 5.75 Å². The molecule has 0 aliphatic carbocycles. The number of nitrogens with two attached hydrogens (primary N) is 1. The molecule has 0 spiro atoms. The number of benzene rings is 1. The minimum absolute atomic E-state index is 0.406. The molecule has 0 saturated carbocycles. The van der Waals surface area contributed by atoms with E-state index >= 15 is 0 Å². The van der Waals surface area contributed by atoms with Crippen molar-refractivity contribution < 1.29 is 9.53 Å². The van der Waals surface area contributed by atoms with Gasteiger partial charge in [-0.3, -0.25) is 9.78 Å². The zero-order chi connectivity index (χ0) is 15.4. The first-order valence-electron chi connectivity index (χ1n) is 7.28. The molecule has 1 heterocycles. The maximum atomic E-state index is 11.6. The fraction of sp³-hybridized carbons (Fsp3) is 0.412. The Morgan fingerprint density at radius 1 is 1.38 bits per heavy atom. The number of nitrogens with zero attached hydrogens (tertiary/aromatic N) is 1. The molecule has 1 aromatic heterocycles. The number of primary amides is 1. The van der Waals surface area contributed by atoms with Gasteiger partial charge < -0.3 is 10.5 Å². The lowest BCUT2D eigenvalue weighted by Crippen LogP contribution is -2.12. The summed E-state index contributed by atoms with van der Waals surface area (Å²) in [6, 6.07) is 5.59. The fourth-order valence-corrected chi connectivity index (χ4v) is 2.51. The largest absolute Gasteiger partial charge is 0.496 e. The smallest absolute Gasteiger partial charge is 0.252 e. The van der Waals surface area contributed by atoms with Gasteiger partial charge in [-0.15, -0.1) is 0 Å². The van der Waals surface area contributed by atoms with Crippen LogP contribution in [0.25, 0.3) is 10.9 Å². The standard InChI is InChI=1S/C17H22N2O2/c1-11(2)5-4-6-12-7-8-19-15-10-16(21-3)14(17(18)20)9-13(12)15/h7-11H,4-6H2,1-3H3,(H2,18,20). The highest BCUT2D eigenvalue weighted by Crippen LogP contribution is 2.27. The van der Waals surface area contributed by atoms with Crippen LogP contribution in [0.1, 0.15) is 42.6 Å². The van der Waals surface area contributed by atoms with E-state index in [9.17, 15) is 4.79 Å². The lowest BCUT2D eigenvalue weighted by molar-refractivity contribution is 0.0997. The second-order valence-corrected chi connectivity index (χ2v) is 5.69. The molecule has 2 aromatic rings. The van der Waals surface area contributed by atoms with Gasteiger partial charge in [0.25, 0.3) is 5.91 Å². The average Bonchev–Trinajstić information content (AvgIpc) is 2.45. The van der Waals surface area contributed by atoms with Crippen LogP contribution in [-0.2, 0) is 6.42 Å². The van der Waals surface area contributed by atoms with Crippen molar-refractivity contribution in [2.45, 2.75) is 33.1 Å². The van der Waals surface area contributed by atoms with Gasteiger partial charge in [0, 0.05) is 17.6 Å². The third-order valence-electron chi connectivity index (χ3n) is 3.65. The lowest BCUT2D eigenvalue weighted by atomic mass is 9.98. The number of fused-ring (bicyclic) bond motifs is 1. The zero-order valence-electron chi connectivity index (χ0n) is 12.8. The highest BCUT2D eigenvalue weighted by molar-refractivity contribution is 6.00. The first-order valence-corrected chi connectivity index (χ1v) is 7.28. The second-order valence-electron chi connectivity index (χ2n) is 5.69. The number of hydrogen-bond acceptors (Lipinski definition) is 3. The molecule has 1 aromatic carbocycles. The van der Waals surface area contributed by atoms with E-state index in [1.165, 1.54) is 19.1 Å². The summed E-state index contributed by atoms with van der Waals surface area (Å²) >= 11 is 0. The van der Waals surface area contributed by atoms with Crippen LogP contribution in [0.2, 0.25) is 0 Å². The van der Waals surface area contributed by atoms with E-state index in [-0.39, 0.29) is 0 Å². The number of methoxy groups -OCH3 is 1. The van der Waals surface area contributed by atoms with Gasteiger partial charge in [0.1, 0.15) is 5.75 Å². The van der Waals surface area contributed by atoms with Crippen molar-refractivity contribution in [2.75, 3.05) is 7.11 Å². The minimum atomic E-state index is -0.481. The summed E-state index contributed by atoms with van der Waals surface area (Å²) in [5.41, 5.74) is 7.87. The fourth-order valence-electron chi connectivity index (χ4n) is 2.51. The monoisotopic (exact) mass is 286 g/mol. The Hall–Kier alpha value is -2.10. The van der Waals surface area contributed by atoms with Crippen LogP contribution < -0.4 is 10.5 Å². The summed E-state index contributed by atoms with van der Waals surface area (Å²) in [6.07, 6.45) is 5.08. The number of amides is 1.